The summed E-state index contributed by atoms with van der Waals surface area (Å²) >= 11 is 0. The van der Waals surface area contributed by atoms with E-state index in [2.05, 4.69) is 13.8 Å². The van der Waals surface area contributed by atoms with Crippen LogP contribution in [0.15, 0.2) is 48.5 Å². The first-order valence-corrected chi connectivity index (χ1v) is 10.7. The van der Waals surface area contributed by atoms with E-state index in [1.165, 1.54) is 18.4 Å². The van der Waals surface area contributed by atoms with Gasteiger partial charge in [0.25, 0.3) is 0 Å². The lowest BCUT2D eigenvalue weighted by atomic mass is 9.80. The SMILES string of the molecule is CCC[C@H]1CC[C@H](C(=O)Oc2ccc(C(=O)Oc3ccc(CC)cc3)cc2)CC1. The second kappa shape index (κ2) is 10.2. The van der Waals surface area contributed by atoms with Crippen molar-refractivity contribution in [1.29, 1.82) is 0 Å². The molecule has 2 aromatic carbocycles. The van der Waals surface area contributed by atoms with Crippen LogP contribution in [0.2, 0.25) is 0 Å². The molecule has 1 fully saturated rings. The zero-order chi connectivity index (χ0) is 20.6. The summed E-state index contributed by atoms with van der Waals surface area (Å²) in [5.74, 6) is 1.13. The molecule has 0 heterocycles. The summed E-state index contributed by atoms with van der Waals surface area (Å²) in [5.41, 5.74) is 1.61. The third-order valence-electron chi connectivity index (χ3n) is 5.73. The Morgan fingerprint density at radius 2 is 1.41 bits per heavy atom. The molecule has 3 rings (SSSR count). The van der Waals surface area contributed by atoms with Crippen LogP contribution in [0.1, 0.15) is 68.3 Å². The van der Waals surface area contributed by atoms with Crippen molar-refractivity contribution >= 4 is 11.9 Å². The molecule has 1 aliphatic carbocycles. The number of aryl methyl sites for hydroxylation is 1. The molecular formula is C25H30O4. The van der Waals surface area contributed by atoms with Gasteiger partial charge in [-0.3, -0.25) is 4.79 Å². The van der Waals surface area contributed by atoms with Crippen molar-refractivity contribution in [1.82, 2.24) is 0 Å². The van der Waals surface area contributed by atoms with E-state index in [1.54, 1.807) is 36.4 Å². The molecule has 0 aromatic heterocycles. The summed E-state index contributed by atoms with van der Waals surface area (Å²) in [5, 5.41) is 0. The van der Waals surface area contributed by atoms with E-state index in [0.717, 1.165) is 38.0 Å². The molecule has 4 heteroatoms. The highest BCUT2D eigenvalue weighted by Crippen LogP contribution is 2.32. The molecule has 4 nitrogen and oxygen atoms in total. The molecule has 0 aliphatic heterocycles. The second-order valence-corrected chi connectivity index (χ2v) is 7.84. The van der Waals surface area contributed by atoms with Crippen molar-refractivity contribution in [2.45, 2.75) is 58.8 Å². The number of hydrogen-bond acceptors (Lipinski definition) is 4. The first-order valence-electron chi connectivity index (χ1n) is 10.7. The number of carbonyl (C=O) groups excluding carboxylic acids is 2. The van der Waals surface area contributed by atoms with Crippen molar-refractivity contribution in [3.05, 3.63) is 59.7 Å². The zero-order valence-electron chi connectivity index (χ0n) is 17.4. The van der Waals surface area contributed by atoms with Crippen LogP contribution in [0.5, 0.6) is 11.5 Å². The van der Waals surface area contributed by atoms with Gasteiger partial charge < -0.3 is 9.47 Å². The van der Waals surface area contributed by atoms with Crippen LogP contribution in [-0.4, -0.2) is 11.9 Å². The maximum absolute atomic E-state index is 12.4. The summed E-state index contributed by atoms with van der Waals surface area (Å²) in [6.45, 7) is 4.29. The topological polar surface area (TPSA) is 52.6 Å². The van der Waals surface area contributed by atoms with Crippen LogP contribution in [0.4, 0.5) is 0 Å². The molecule has 2 aromatic rings. The Balaban J connectivity index is 1.51. The van der Waals surface area contributed by atoms with Gasteiger partial charge in [0.2, 0.25) is 0 Å². The van der Waals surface area contributed by atoms with Crippen LogP contribution >= 0.6 is 0 Å². The number of hydrogen-bond donors (Lipinski definition) is 0. The van der Waals surface area contributed by atoms with Crippen molar-refractivity contribution in [2.75, 3.05) is 0 Å². The minimum Gasteiger partial charge on any atom is -0.426 e. The van der Waals surface area contributed by atoms with Crippen LogP contribution < -0.4 is 9.47 Å². The molecule has 0 amide bonds. The minimum atomic E-state index is -0.429. The average molecular weight is 395 g/mol. The molecule has 0 N–H and O–H groups in total. The van der Waals surface area contributed by atoms with Crippen LogP contribution in [0.3, 0.4) is 0 Å². The lowest BCUT2D eigenvalue weighted by Gasteiger charge is -2.26. The Kier molecular flexibility index (Phi) is 7.45. The monoisotopic (exact) mass is 394 g/mol. The number of esters is 2. The van der Waals surface area contributed by atoms with E-state index < -0.39 is 5.97 Å². The predicted octanol–water partition coefficient (Wildman–Crippen LogP) is 5.98. The van der Waals surface area contributed by atoms with E-state index in [0.29, 0.717) is 17.1 Å². The number of rotatable bonds is 7. The Morgan fingerprint density at radius 1 is 0.828 bits per heavy atom. The normalized spacial score (nSPS) is 18.8. The van der Waals surface area contributed by atoms with Crippen LogP contribution in [0, 0.1) is 11.8 Å². The Bertz CT molecular complexity index is 800. The van der Waals surface area contributed by atoms with Gasteiger partial charge in [0.05, 0.1) is 11.5 Å². The standard InChI is InChI=1S/C25H30O4/c1-3-5-19-6-10-20(11-7-19)24(26)29-23-16-12-21(13-17-23)25(27)28-22-14-8-18(4-2)9-15-22/h8-9,12-17,19-20H,3-7,10-11H2,1-2H3/t19-,20-. The third kappa shape index (κ3) is 5.93. The molecule has 0 atom stereocenters. The summed E-state index contributed by atoms with van der Waals surface area (Å²) in [6, 6.07) is 14.0. The van der Waals surface area contributed by atoms with Crippen molar-refractivity contribution in [3.8, 4) is 11.5 Å². The fourth-order valence-electron chi connectivity index (χ4n) is 3.91. The van der Waals surface area contributed by atoms with Crippen LogP contribution in [0.25, 0.3) is 0 Å². The lowest BCUT2D eigenvalue weighted by Crippen LogP contribution is -2.25. The Hall–Kier alpha value is -2.62. The van der Waals surface area contributed by atoms with Gasteiger partial charge in [0, 0.05) is 0 Å². The molecule has 1 aliphatic rings. The van der Waals surface area contributed by atoms with Crippen molar-refractivity contribution < 1.29 is 19.1 Å². The minimum absolute atomic E-state index is 0.0150. The second-order valence-electron chi connectivity index (χ2n) is 7.84. The fourth-order valence-corrected chi connectivity index (χ4v) is 3.91. The van der Waals surface area contributed by atoms with Gasteiger partial charge in [-0.25, -0.2) is 4.79 Å². The van der Waals surface area contributed by atoms with Gasteiger partial charge in [0.1, 0.15) is 11.5 Å². The van der Waals surface area contributed by atoms with Crippen molar-refractivity contribution in [2.24, 2.45) is 11.8 Å². The fraction of sp³-hybridized carbons (Fsp3) is 0.440. The molecule has 29 heavy (non-hydrogen) atoms. The summed E-state index contributed by atoms with van der Waals surface area (Å²) in [4.78, 5) is 24.7. The third-order valence-corrected chi connectivity index (χ3v) is 5.73. The molecular weight excluding hydrogens is 364 g/mol. The Labute approximate surface area is 173 Å². The maximum atomic E-state index is 12.4. The first kappa shape index (κ1) is 21.1. The summed E-state index contributed by atoms with van der Waals surface area (Å²) < 4.78 is 10.9. The van der Waals surface area contributed by atoms with Gasteiger partial charge >= 0.3 is 11.9 Å². The van der Waals surface area contributed by atoms with E-state index in [1.807, 2.05) is 12.1 Å². The van der Waals surface area contributed by atoms with Crippen molar-refractivity contribution in [3.63, 3.8) is 0 Å². The van der Waals surface area contributed by atoms with E-state index in [9.17, 15) is 9.59 Å². The van der Waals surface area contributed by atoms with Gasteiger partial charge in [-0.05, 0) is 80.0 Å². The number of ether oxygens (including phenoxy) is 2. The largest absolute Gasteiger partial charge is 0.426 e. The molecule has 0 unspecified atom stereocenters. The lowest BCUT2D eigenvalue weighted by molar-refractivity contribution is -0.140. The highest BCUT2D eigenvalue weighted by molar-refractivity contribution is 5.91. The highest BCUT2D eigenvalue weighted by Gasteiger charge is 2.27. The van der Waals surface area contributed by atoms with E-state index >= 15 is 0 Å². The highest BCUT2D eigenvalue weighted by atomic mass is 16.5. The van der Waals surface area contributed by atoms with E-state index in [4.69, 9.17) is 9.47 Å². The molecule has 0 radical (unpaired) electrons. The maximum Gasteiger partial charge on any atom is 0.343 e. The van der Waals surface area contributed by atoms with Gasteiger partial charge in [-0.2, -0.15) is 0 Å². The first-order chi connectivity index (χ1) is 14.1. The molecule has 1 saturated carbocycles. The molecule has 0 spiro atoms. The molecule has 154 valence electrons. The number of carbonyl (C=O) groups is 2. The summed E-state index contributed by atoms with van der Waals surface area (Å²) in [7, 11) is 0. The predicted molar refractivity (Wildman–Crippen MR) is 113 cm³/mol. The quantitative estimate of drug-likeness (QED) is 0.428. The molecule has 0 saturated heterocycles. The average Bonchev–Trinajstić information content (AvgIpc) is 2.75. The zero-order valence-corrected chi connectivity index (χ0v) is 17.4. The van der Waals surface area contributed by atoms with E-state index in [-0.39, 0.29) is 11.9 Å². The van der Waals surface area contributed by atoms with Gasteiger partial charge in [-0.15, -0.1) is 0 Å². The van der Waals surface area contributed by atoms with Gasteiger partial charge in [0.15, 0.2) is 0 Å². The smallest absolute Gasteiger partial charge is 0.343 e. The molecule has 0 bridgehead atoms. The number of benzene rings is 2. The van der Waals surface area contributed by atoms with Crippen LogP contribution in [-0.2, 0) is 11.2 Å². The summed E-state index contributed by atoms with van der Waals surface area (Å²) in [6.07, 6.45) is 7.43. The van der Waals surface area contributed by atoms with Gasteiger partial charge in [-0.1, -0.05) is 38.8 Å². The Morgan fingerprint density at radius 3 is 2.00 bits per heavy atom.